The highest BCUT2D eigenvalue weighted by Gasteiger charge is 2.03. The van der Waals surface area contributed by atoms with Crippen LogP contribution in [0.15, 0.2) is 18.2 Å². The van der Waals surface area contributed by atoms with E-state index < -0.39 is 5.82 Å². The lowest BCUT2D eigenvalue weighted by Gasteiger charge is -2.04. The summed E-state index contributed by atoms with van der Waals surface area (Å²) in [6, 6.07) is 3.73. The Morgan fingerprint density at radius 3 is 2.94 bits per heavy atom. The summed E-state index contributed by atoms with van der Waals surface area (Å²) in [5, 5.41) is 13.5. The lowest BCUT2D eigenvalue weighted by atomic mass is 10.2. The van der Waals surface area contributed by atoms with E-state index in [1.165, 1.54) is 25.2 Å². The molecule has 4 nitrogen and oxygen atoms in total. The molecule has 1 rings (SSSR count). The van der Waals surface area contributed by atoms with Crippen molar-refractivity contribution < 1.29 is 14.3 Å². The number of anilines is 1. The van der Waals surface area contributed by atoms with E-state index in [0.29, 0.717) is 5.69 Å². The third-order valence-electron chi connectivity index (χ3n) is 1.91. The fraction of sp³-hybridized carbons (Fsp3) is 0.250. The van der Waals surface area contributed by atoms with Crippen molar-refractivity contribution in [3.63, 3.8) is 0 Å². The first-order valence-electron chi connectivity index (χ1n) is 5.05. The van der Waals surface area contributed by atoms with Crippen LogP contribution in [0.5, 0.6) is 0 Å². The van der Waals surface area contributed by atoms with Crippen LogP contribution in [0, 0.1) is 17.7 Å². The van der Waals surface area contributed by atoms with Crippen LogP contribution in [-0.2, 0) is 0 Å². The Bertz CT molecular complexity index is 463. The third-order valence-corrected chi connectivity index (χ3v) is 1.91. The maximum atomic E-state index is 13.3. The van der Waals surface area contributed by atoms with Gasteiger partial charge in [0, 0.05) is 19.2 Å². The average Bonchev–Trinajstić information content (AvgIpc) is 2.33. The Balaban J connectivity index is 2.87. The first kappa shape index (κ1) is 13.0. The molecule has 0 bridgehead atoms. The number of halogens is 1. The monoisotopic (exact) mass is 236 g/mol. The average molecular weight is 236 g/mol. The number of benzene rings is 1. The lowest BCUT2D eigenvalue weighted by molar-refractivity contribution is 0.254. The second kappa shape index (κ2) is 6.51. The molecule has 0 aliphatic carbocycles. The molecule has 3 N–H and O–H groups in total. The van der Waals surface area contributed by atoms with Crippen molar-refractivity contribution in [2.75, 3.05) is 19.0 Å². The van der Waals surface area contributed by atoms with Gasteiger partial charge in [0.1, 0.15) is 5.82 Å². The number of urea groups is 1. The van der Waals surface area contributed by atoms with E-state index in [0.717, 1.165) is 0 Å². The minimum absolute atomic E-state index is 0.0647. The van der Waals surface area contributed by atoms with Crippen LogP contribution < -0.4 is 10.6 Å². The second-order valence-corrected chi connectivity index (χ2v) is 3.17. The molecule has 1 aromatic rings. The summed E-state index contributed by atoms with van der Waals surface area (Å²) < 4.78 is 13.3. The number of hydrogen-bond donors (Lipinski definition) is 3. The van der Waals surface area contributed by atoms with Crippen LogP contribution in [0.25, 0.3) is 0 Å². The zero-order valence-electron chi connectivity index (χ0n) is 9.38. The van der Waals surface area contributed by atoms with Gasteiger partial charge in [0.25, 0.3) is 0 Å². The van der Waals surface area contributed by atoms with E-state index in [4.69, 9.17) is 5.11 Å². The Hall–Kier alpha value is -2.06. The van der Waals surface area contributed by atoms with E-state index in [1.807, 2.05) is 0 Å². The predicted molar refractivity (Wildman–Crippen MR) is 63.1 cm³/mol. The summed E-state index contributed by atoms with van der Waals surface area (Å²) in [4.78, 5) is 11.1. The summed E-state index contributed by atoms with van der Waals surface area (Å²) in [5.41, 5.74) is 0.645. The Labute approximate surface area is 98.8 Å². The number of hydrogen-bond acceptors (Lipinski definition) is 2. The van der Waals surface area contributed by atoms with E-state index in [9.17, 15) is 9.18 Å². The van der Waals surface area contributed by atoms with Crippen LogP contribution in [0.3, 0.4) is 0 Å². The number of rotatable bonds is 2. The van der Waals surface area contributed by atoms with Gasteiger partial charge in [0.2, 0.25) is 0 Å². The summed E-state index contributed by atoms with van der Waals surface area (Å²) in [6.45, 7) is -0.0647. The van der Waals surface area contributed by atoms with Gasteiger partial charge in [-0.05, 0) is 18.2 Å². The second-order valence-electron chi connectivity index (χ2n) is 3.17. The summed E-state index contributed by atoms with van der Waals surface area (Å²) in [7, 11) is 1.49. The maximum absolute atomic E-state index is 13.3. The SMILES string of the molecule is CNC(=O)Nc1ccc(F)c(C#CCCO)c1. The summed E-state index contributed by atoms with van der Waals surface area (Å²) in [5.74, 6) is 4.75. The van der Waals surface area contributed by atoms with Crippen molar-refractivity contribution in [2.45, 2.75) is 6.42 Å². The van der Waals surface area contributed by atoms with Crippen molar-refractivity contribution in [3.05, 3.63) is 29.6 Å². The van der Waals surface area contributed by atoms with Gasteiger partial charge in [-0.2, -0.15) is 0 Å². The first-order chi connectivity index (χ1) is 8.17. The standard InChI is InChI=1S/C12H13FN2O2/c1-14-12(17)15-10-5-6-11(13)9(8-10)4-2-3-7-16/h5-6,8,16H,3,7H2,1H3,(H2,14,15,17). The molecule has 0 aliphatic rings. The zero-order valence-corrected chi connectivity index (χ0v) is 9.38. The Morgan fingerprint density at radius 2 is 2.29 bits per heavy atom. The lowest BCUT2D eigenvalue weighted by Crippen LogP contribution is -2.24. The van der Waals surface area contributed by atoms with Gasteiger partial charge in [-0.1, -0.05) is 11.8 Å². The Morgan fingerprint density at radius 1 is 1.53 bits per heavy atom. The molecule has 0 aliphatic heterocycles. The minimum Gasteiger partial charge on any atom is -0.395 e. The van der Waals surface area contributed by atoms with Gasteiger partial charge >= 0.3 is 6.03 Å². The smallest absolute Gasteiger partial charge is 0.318 e. The molecule has 17 heavy (non-hydrogen) atoms. The quantitative estimate of drug-likeness (QED) is 0.678. The third kappa shape index (κ3) is 4.13. The van der Waals surface area contributed by atoms with Gasteiger partial charge in [0.15, 0.2) is 0 Å². The molecule has 0 aromatic heterocycles. The predicted octanol–water partition coefficient (Wildman–Crippen LogP) is 1.31. The van der Waals surface area contributed by atoms with Gasteiger partial charge in [0.05, 0.1) is 12.2 Å². The van der Waals surface area contributed by atoms with Crippen LogP contribution in [-0.4, -0.2) is 24.8 Å². The van der Waals surface area contributed by atoms with Crippen molar-refractivity contribution >= 4 is 11.7 Å². The molecular formula is C12H13FN2O2. The molecule has 0 spiro atoms. The molecule has 0 saturated carbocycles. The van der Waals surface area contributed by atoms with Gasteiger partial charge in [-0.3, -0.25) is 0 Å². The van der Waals surface area contributed by atoms with E-state index >= 15 is 0 Å². The molecule has 1 aromatic carbocycles. The molecule has 0 fully saturated rings. The fourth-order valence-electron chi connectivity index (χ4n) is 1.11. The van der Waals surface area contributed by atoms with Crippen LogP contribution in [0.1, 0.15) is 12.0 Å². The fourth-order valence-corrected chi connectivity index (χ4v) is 1.11. The topological polar surface area (TPSA) is 61.4 Å². The Kier molecular flexibility index (Phi) is 4.98. The minimum atomic E-state index is -0.460. The van der Waals surface area contributed by atoms with Crippen LogP contribution in [0.2, 0.25) is 0 Å². The number of nitrogens with one attached hydrogen (secondary N) is 2. The molecule has 0 radical (unpaired) electrons. The molecule has 0 saturated heterocycles. The largest absolute Gasteiger partial charge is 0.395 e. The van der Waals surface area contributed by atoms with Crippen LogP contribution >= 0.6 is 0 Å². The highest BCUT2D eigenvalue weighted by molar-refractivity contribution is 5.89. The maximum Gasteiger partial charge on any atom is 0.318 e. The van der Waals surface area contributed by atoms with Crippen molar-refractivity contribution in [3.8, 4) is 11.8 Å². The number of carbonyl (C=O) groups excluding carboxylic acids is 1. The molecular weight excluding hydrogens is 223 g/mol. The van der Waals surface area contributed by atoms with Crippen molar-refractivity contribution in [1.82, 2.24) is 5.32 Å². The number of aliphatic hydroxyl groups excluding tert-OH is 1. The number of carbonyl (C=O) groups is 1. The summed E-state index contributed by atoms with van der Waals surface area (Å²) >= 11 is 0. The number of aliphatic hydroxyl groups is 1. The van der Waals surface area contributed by atoms with E-state index in [-0.39, 0.29) is 24.6 Å². The molecule has 0 heterocycles. The normalized spacial score (nSPS) is 9.12. The van der Waals surface area contributed by atoms with Crippen molar-refractivity contribution in [2.24, 2.45) is 0 Å². The van der Waals surface area contributed by atoms with Crippen molar-refractivity contribution in [1.29, 1.82) is 0 Å². The summed E-state index contributed by atoms with van der Waals surface area (Å²) in [6.07, 6.45) is 0.284. The molecule has 0 unspecified atom stereocenters. The van der Waals surface area contributed by atoms with Crippen LogP contribution in [0.4, 0.5) is 14.9 Å². The van der Waals surface area contributed by atoms with Gasteiger partial charge in [-0.25, -0.2) is 9.18 Å². The molecule has 90 valence electrons. The van der Waals surface area contributed by atoms with Gasteiger partial charge in [-0.15, -0.1) is 0 Å². The van der Waals surface area contributed by atoms with E-state index in [1.54, 1.807) is 0 Å². The van der Waals surface area contributed by atoms with E-state index in [2.05, 4.69) is 22.5 Å². The molecule has 0 atom stereocenters. The highest BCUT2D eigenvalue weighted by atomic mass is 19.1. The number of amides is 2. The molecule has 5 heteroatoms. The molecule has 2 amide bonds. The zero-order chi connectivity index (χ0) is 12.7. The highest BCUT2D eigenvalue weighted by Crippen LogP contribution is 2.13. The first-order valence-corrected chi connectivity index (χ1v) is 5.05. The van der Waals surface area contributed by atoms with Gasteiger partial charge < -0.3 is 15.7 Å².